The minimum atomic E-state index is -0.374. The molecule has 0 atom stereocenters. The average Bonchev–Trinajstić information content (AvgIpc) is 2.05. The van der Waals surface area contributed by atoms with Crippen molar-refractivity contribution in [1.29, 1.82) is 0 Å². The molecule has 0 spiro atoms. The topological polar surface area (TPSA) is 56.0 Å². The van der Waals surface area contributed by atoms with Crippen molar-refractivity contribution in [3.63, 3.8) is 0 Å². The second-order valence-corrected chi connectivity index (χ2v) is 2.70. The summed E-state index contributed by atoms with van der Waals surface area (Å²) in [6, 6.07) is 3.58. The van der Waals surface area contributed by atoms with Crippen molar-refractivity contribution >= 4 is 17.5 Å². The number of nitrogens with zero attached hydrogens (tertiary/aromatic N) is 1. The normalized spacial score (nSPS) is 9.75. The number of nitrogens with two attached hydrogens (primary N) is 1. The summed E-state index contributed by atoms with van der Waals surface area (Å²) in [4.78, 5) is 14.5. The predicted molar refractivity (Wildman–Crippen MR) is 46.7 cm³/mol. The molecule has 64 valence electrons. The Labute approximate surface area is 75.6 Å². The van der Waals surface area contributed by atoms with Crippen molar-refractivity contribution < 1.29 is 4.79 Å². The smallest absolute Gasteiger partial charge is 0.223 e. The standard InChI is InChI=1S/C8H9ClN2O/c9-4-6-1-2-7(11-5-6)3-8(10)12/h1-2,5H,3-4H2,(H2,10,12). The third-order valence-corrected chi connectivity index (χ3v) is 1.70. The lowest BCUT2D eigenvalue weighted by Crippen LogP contribution is -2.14. The van der Waals surface area contributed by atoms with Gasteiger partial charge >= 0.3 is 0 Å². The molecule has 1 amide bonds. The number of halogens is 1. The lowest BCUT2D eigenvalue weighted by atomic mass is 10.2. The minimum absolute atomic E-state index is 0.183. The van der Waals surface area contributed by atoms with E-state index >= 15 is 0 Å². The molecule has 0 saturated heterocycles. The summed E-state index contributed by atoms with van der Waals surface area (Å²) in [6.45, 7) is 0. The Morgan fingerprint density at radius 1 is 1.58 bits per heavy atom. The fourth-order valence-electron chi connectivity index (χ4n) is 0.817. The van der Waals surface area contributed by atoms with Crippen molar-refractivity contribution in [2.45, 2.75) is 12.3 Å². The molecule has 0 aliphatic heterocycles. The fraction of sp³-hybridized carbons (Fsp3) is 0.250. The van der Waals surface area contributed by atoms with Crippen molar-refractivity contribution in [3.8, 4) is 0 Å². The predicted octanol–water partition coefficient (Wildman–Crippen LogP) is 0.848. The van der Waals surface area contributed by atoms with Crippen molar-refractivity contribution in [2.75, 3.05) is 0 Å². The highest BCUT2D eigenvalue weighted by Gasteiger charge is 1.98. The van der Waals surface area contributed by atoms with Gasteiger partial charge < -0.3 is 5.73 Å². The molecule has 0 aliphatic rings. The van der Waals surface area contributed by atoms with Gasteiger partial charge in [0.1, 0.15) is 0 Å². The second-order valence-electron chi connectivity index (χ2n) is 2.43. The average molecular weight is 185 g/mol. The highest BCUT2D eigenvalue weighted by Crippen LogP contribution is 2.03. The zero-order valence-electron chi connectivity index (χ0n) is 6.46. The molecule has 0 unspecified atom stereocenters. The van der Waals surface area contributed by atoms with Gasteiger partial charge in [-0.3, -0.25) is 9.78 Å². The maximum Gasteiger partial charge on any atom is 0.223 e. The first kappa shape index (κ1) is 9.00. The van der Waals surface area contributed by atoms with Crippen molar-refractivity contribution in [1.82, 2.24) is 4.98 Å². The van der Waals surface area contributed by atoms with Gasteiger partial charge in [-0.1, -0.05) is 6.07 Å². The Bertz CT molecular complexity index is 271. The SMILES string of the molecule is NC(=O)Cc1ccc(CCl)cn1. The van der Waals surface area contributed by atoms with Gasteiger partial charge in [0.2, 0.25) is 5.91 Å². The van der Waals surface area contributed by atoms with Crippen molar-refractivity contribution in [3.05, 3.63) is 29.6 Å². The van der Waals surface area contributed by atoms with Gasteiger partial charge in [-0.2, -0.15) is 0 Å². The number of carbonyl (C=O) groups is 1. The molecule has 0 bridgehead atoms. The van der Waals surface area contributed by atoms with Gasteiger partial charge in [-0.25, -0.2) is 0 Å². The van der Waals surface area contributed by atoms with E-state index in [0.29, 0.717) is 11.6 Å². The Balaban J connectivity index is 2.71. The van der Waals surface area contributed by atoms with Crippen LogP contribution in [0.5, 0.6) is 0 Å². The summed E-state index contributed by atoms with van der Waals surface area (Å²) in [5, 5.41) is 0. The summed E-state index contributed by atoms with van der Waals surface area (Å²) in [6.07, 6.45) is 1.83. The summed E-state index contributed by atoms with van der Waals surface area (Å²) in [5.74, 6) is 0.0604. The van der Waals surface area contributed by atoms with E-state index in [9.17, 15) is 4.79 Å². The van der Waals surface area contributed by atoms with E-state index < -0.39 is 0 Å². The monoisotopic (exact) mass is 184 g/mol. The number of rotatable bonds is 3. The summed E-state index contributed by atoms with van der Waals surface area (Å²) >= 11 is 5.55. The van der Waals surface area contributed by atoms with Crippen LogP contribution >= 0.6 is 11.6 Å². The third-order valence-electron chi connectivity index (χ3n) is 1.40. The lowest BCUT2D eigenvalue weighted by Gasteiger charge is -1.97. The van der Waals surface area contributed by atoms with E-state index in [1.807, 2.05) is 6.07 Å². The first-order valence-electron chi connectivity index (χ1n) is 3.50. The third kappa shape index (κ3) is 2.51. The maximum atomic E-state index is 10.5. The van der Waals surface area contributed by atoms with Crippen molar-refractivity contribution in [2.24, 2.45) is 5.73 Å². The Morgan fingerprint density at radius 3 is 2.75 bits per heavy atom. The van der Waals surface area contributed by atoms with Crippen LogP contribution in [0.3, 0.4) is 0 Å². The van der Waals surface area contributed by atoms with Crippen LogP contribution in [-0.2, 0) is 17.1 Å². The Hall–Kier alpha value is -1.09. The van der Waals surface area contributed by atoms with Crippen LogP contribution in [0.25, 0.3) is 0 Å². The molecule has 4 heteroatoms. The fourth-order valence-corrected chi connectivity index (χ4v) is 0.975. The molecule has 3 nitrogen and oxygen atoms in total. The zero-order valence-corrected chi connectivity index (χ0v) is 7.21. The molecule has 2 N–H and O–H groups in total. The molecule has 12 heavy (non-hydrogen) atoms. The number of aromatic nitrogens is 1. The van der Waals surface area contributed by atoms with E-state index in [-0.39, 0.29) is 12.3 Å². The number of hydrogen-bond acceptors (Lipinski definition) is 2. The molecule has 0 saturated carbocycles. The molecular weight excluding hydrogens is 176 g/mol. The minimum Gasteiger partial charge on any atom is -0.369 e. The van der Waals surface area contributed by atoms with Crippen LogP contribution in [0.15, 0.2) is 18.3 Å². The van der Waals surface area contributed by atoms with Gasteiger partial charge in [-0.15, -0.1) is 11.6 Å². The van der Waals surface area contributed by atoms with Gasteiger partial charge in [0, 0.05) is 17.8 Å². The van der Waals surface area contributed by atoms with Crippen LogP contribution in [0, 0.1) is 0 Å². The van der Waals surface area contributed by atoms with Crippen LogP contribution in [0.2, 0.25) is 0 Å². The van der Waals surface area contributed by atoms with E-state index in [1.165, 1.54) is 0 Å². The molecule has 0 fully saturated rings. The van der Waals surface area contributed by atoms with Gasteiger partial charge in [0.25, 0.3) is 0 Å². The molecule has 0 aliphatic carbocycles. The summed E-state index contributed by atoms with van der Waals surface area (Å²) in [7, 11) is 0. The molecule has 0 radical (unpaired) electrons. The Kier molecular flexibility index (Phi) is 3.05. The molecule has 1 aromatic heterocycles. The number of alkyl halides is 1. The number of amides is 1. The molecule has 1 rings (SSSR count). The summed E-state index contributed by atoms with van der Waals surface area (Å²) in [5.41, 5.74) is 6.60. The van der Waals surface area contributed by atoms with Gasteiger partial charge in [0.15, 0.2) is 0 Å². The highest BCUT2D eigenvalue weighted by atomic mass is 35.5. The number of primary amides is 1. The van der Waals surface area contributed by atoms with Crippen LogP contribution in [-0.4, -0.2) is 10.9 Å². The van der Waals surface area contributed by atoms with E-state index in [4.69, 9.17) is 17.3 Å². The van der Waals surface area contributed by atoms with E-state index in [1.54, 1.807) is 12.3 Å². The zero-order chi connectivity index (χ0) is 8.97. The van der Waals surface area contributed by atoms with Crippen LogP contribution < -0.4 is 5.73 Å². The van der Waals surface area contributed by atoms with Gasteiger partial charge in [-0.05, 0) is 11.6 Å². The Morgan fingerprint density at radius 2 is 2.33 bits per heavy atom. The largest absolute Gasteiger partial charge is 0.369 e. The number of carbonyl (C=O) groups excluding carboxylic acids is 1. The maximum absolute atomic E-state index is 10.5. The molecular formula is C8H9ClN2O. The lowest BCUT2D eigenvalue weighted by molar-refractivity contribution is -0.117. The van der Waals surface area contributed by atoms with Gasteiger partial charge in [0.05, 0.1) is 6.42 Å². The number of hydrogen-bond donors (Lipinski definition) is 1. The molecule has 0 aromatic carbocycles. The van der Waals surface area contributed by atoms with E-state index in [0.717, 1.165) is 5.56 Å². The van der Waals surface area contributed by atoms with Crippen LogP contribution in [0.4, 0.5) is 0 Å². The first-order chi connectivity index (χ1) is 5.72. The molecule has 1 aromatic rings. The van der Waals surface area contributed by atoms with E-state index in [2.05, 4.69) is 4.98 Å². The number of pyridine rings is 1. The highest BCUT2D eigenvalue weighted by molar-refractivity contribution is 6.17. The second kappa shape index (κ2) is 4.07. The summed E-state index contributed by atoms with van der Waals surface area (Å²) < 4.78 is 0. The molecule has 1 heterocycles. The quantitative estimate of drug-likeness (QED) is 0.709. The van der Waals surface area contributed by atoms with Crippen LogP contribution in [0.1, 0.15) is 11.3 Å². The first-order valence-corrected chi connectivity index (χ1v) is 4.04.